The van der Waals surface area contributed by atoms with Crippen molar-refractivity contribution < 1.29 is 9.90 Å². The van der Waals surface area contributed by atoms with E-state index in [0.717, 1.165) is 32.1 Å². The number of benzene rings is 1. The zero-order valence-electron chi connectivity index (χ0n) is 12.1. The Bertz CT molecular complexity index is 577. The molecule has 4 atom stereocenters. The summed E-state index contributed by atoms with van der Waals surface area (Å²) < 4.78 is 0. The first-order chi connectivity index (χ1) is 9.59. The number of hydrogen-bond acceptors (Lipinski definition) is 2. The van der Waals surface area contributed by atoms with Gasteiger partial charge in [-0.2, -0.15) is 0 Å². The maximum absolute atomic E-state index is 12.3. The molecule has 20 heavy (non-hydrogen) atoms. The average molecular weight is 270 g/mol. The second-order valence-corrected chi connectivity index (χ2v) is 7.22. The van der Waals surface area contributed by atoms with E-state index in [1.807, 2.05) is 12.1 Å². The van der Waals surface area contributed by atoms with Crippen molar-refractivity contribution in [3.63, 3.8) is 0 Å². The SMILES string of the molecule is C[C@]12CCC3c4ccc(O)cc4CC[C@H]3C1CCC2=O. The number of aromatic hydroxyl groups is 1. The summed E-state index contributed by atoms with van der Waals surface area (Å²) >= 11 is 0. The van der Waals surface area contributed by atoms with Crippen molar-refractivity contribution in [2.45, 2.75) is 51.4 Å². The molecule has 0 saturated heterocycles. The van der Waals surface area contributed by atoms with Gasteiger partial charge in [0.05, 0.1) is 0 Å². The fraction of sp³-hybridized carbons (Fsp3) is 0.611. The maximum atomic E-state index is 12.3. The molecule has 0 radical (unpaired) electrons. The number of phenolic OH excluding ortho intramolecular Hbond substituents is 1. The van der Waals surface area contributed by atoms with Crippen LogP contribution < -0.4 is 0 Å². The molecule has 1 aromatic carbocycles. The second kappa shape index (κ2) is 4.09. The molecule has 4 rings (SSSR count). The van der Waals surface area contributed by atoms with E-state index in [4.69, 9.17) is 0 Å². The van der Waals surface area contributed by atoms with Gasteiger partial charge in [-0.05, 0) is 73.1 Å². The van der Waals surface area contributed by atoms with Gasteiger partial charge in [0.25, 0.3) is 0 Å². The molecule has 106 valence electrons. The van der Waals surface area contributed by atoms with E-state index >= 15 is 0 Å². The van der Waals surface area contributed by atoms with Crippen molar-refractivity contribution in [1.29, 1.82) is 0 Å². The van der Waals surface area contributed by atoms with Crippen molar-refractivity contribution >= 4 is 5.78 Å². The first-order valence-electron chi connectivity index (χ1n) is 7.95. The number of aryl methyl sites for hydroxylation is 1. The van der Waals surface area contributed by atoms with E-state index in [1.165, 1.54) is 17.5 Å². The van der Waals surface area contributed by atoms with Gasteiger partial charge >= 0.3 is 0 Å². The van der Waals surface area contributed by atoms with Gasteiger partial charge in [-0.25, -0.2) is 0 Å². The highest BCUT2D eigenvalue weighted by molar-refractivity contribution is 5.87. The first-order valence-corrected chi connectivity index (χ1v) is 7.95. The van der Waals surface area contributed by atoms with Crippen LogP contribution in [0.4, 0.5) is 0 Å². The highest BCUT2D eigenvalue weighted by atomic mass is 16.3. The van der Waals surface area contributed by atoms with Gasteiger partial charge in [-0.3, -0.25) is 4.79 Å². The molecule has 2 saturated carbocycles. The van der Waals surface area contributed by atoms with Crippen molar-refractivity contribution in [2.75, 3.05) is 0 Å². The number of hydrogen-bond donors (Lipinski definition) is 1. The third-order valence-electron chi connectivity index (χ3n) is 6.42. The zero-order valence-corrected chi connectivity index (χ0v) is 12.1. The van der Waals surface area contributed by atoms with E-state index < -0.39 is 0 Å². The molecule has 0 spiro atoms. The van der Waals surface area contributed by atoms with Gasteiger partial charge in [-0.1, -0.05) is 13.0 Å². The van der Waals surface area contributed by atoms with Crippen LogP contribution in [0.25, 0.3) is 0 Å². The standard InChI is InChI=1S/C18H22O2/c1-18-9-8-14-13-5-3-12(19)10-11(13)2-4-15(14)16(18)6-7-17(18)20/h3,5,10,14-16,19H,2,4,6-9H2,1H3/t14?,15-,16?,18+/m1/s1. The molecule has 3 aliphatic rings. The summed E-state index contributed by atoms with van der Waals surface area (Å²) in [7, 11) is 0. The lowest BCUT2D eigenvalue weighted by Gasteiger charge is -2.48. The Labute approximate surface area is 120 Å². The first kappa shape index (κ1) is 12.4. The molecule has 0 aliphatic heterocycles. The monoisotopic (exact) mass is 270 g/mol. The maximum Gasteiger partial charge on any atom is 0.139 e. The molecule has 3 aliphatic carbocycles. The van der Waals surface area contributed by atoms with Gasteiger partial charge < -0.3 is 5.11 Å². The number of carbonyl (C=O) groups is 1. The molecule has 0 aromatic heterocycles. The number of carbonyl (C=O) groups excluding carboxylic acids is 1. The minimum atomic E-state index is -0.0322. The number of phenols is 1. The largest absolute Gasteiger partial charge is 0.508 e. The number of rotatable bonds is 0. The molecule has 2 heteroatoms. The van der Waals surface area contributed by atoms with Crippen LogP contribution in [0.1, 0.15) is 56.1 Å². The van der Waals surface area contributed by atoms with E-state index in [2.05, 4.69) is 13.0 Å². The molecule has 2 unspecified atom stereocenters. The summed E-state index contributed by atoms with van der Waals surface area (Å²) in [5.74, 6) is 2.78. The molecule has 2 fully saturated rings. The molecule has 1 aromatic rings. The van der Waals surface area contributed by atoms with Crippen LogP contribution in [0.2, 0.25) is 0 Å². The highest BCUT2D eigenvalue weighted by Gasteiger charge is 2.54. The Morgan fingerprint density at radius 2 is 2.05 bits per heavy atom. The minimum Gasteiger partial charge on any atom is -0.508 e. The lowest BCUT2D eigenvalue weighted by molar-refractivity contribution is -0.129. The molecule has 1 N–H and O–H groups in total. The normalized spacial score (nSPS) is 39.0. The lowest BCUT2D eigenvalue weighted by Crippen LogP contribution is -2.42. The summed E-state index contributed by atoms with van der Waals surface area (Å²) in [5, 5.41) is 9.67. The number of ketones is 1. The van der Waals surface area contributed by atoms with Gasteiger partial charge in [0.15, 0.2) is 0 Å². The molecule has 0 amide bonds. The average Bonchev–Trinajstić information content (AvgIpc) is 2.74. The number of Topliss-reactive ketones (excluding diaryl/α,β-unsaturated/α-hetero) is 1. The minimum absolute atomic E-state index is 0.0322. The summed E-state index contributed by atoms with van der Waals surface area (Å²) in [4.78, 5) is 12.3. The predicted octanol–water partition coefficient (Wildman–Crippen LogP) is 3.82. The van der Waals surface area contributed by atoms with E-state index in [9.17, 15) is 9.90 Å². The molecule has 2 nitrogen and oxygen atoms in total. The second-order valence-electron chi connectivity index (χ2n) is 7.22. The number of fused-ring (bicyclic) bond motifs is 5. The van der Waals surface area contributed by atoms with E-state index in [-0.39, 0.29) is 5.41 Å². The van der Waals surface area contributed by atoms with Crippen LogP contribution in [-0.4, -0.2) is 10.9 Å². The Morgan fingerprint density at radius 1 is 1.20 bits per heavy atom. The van der Waals surface area contributed by atoms with Crippen LogP contribution >= 0.6 is 0 Å². The van der Waals surface area contributed by atoms with Crippen LogP contribution in [0.3, 0.4) is 0 Å². The zero-order chi connectivity index (χ0) is 13.9. The smallest absolute Gasteiger partial charge is 0.139 e. The summed E-state index contributed by atoms with van der Waals surface area (Å²) in [6.45, 7) is 2.22. The molecule has 0 heterocycles. The molecular formula is C18H22O2. The summed E-state index contributed by atoms with van der Waals surface area (Å²) in [6.07, 6.45) is 6.34. The van der Waals surface area contributed by atoms with Crippen LogP contribution in [-0.2, 0) is 11.2 Å². The third-order valence-corrected chi connectivity index (χ3v) is 6.42. The predicted molar refractivity (Wildman–Crippen MR) is 77.7 cm³/mol. The Kier molecular flexibility index (Phi) is 2.55. The van der Waals surface area contributed by atoms with Gasteiger partial charge in [0.2, 0.25) is 0 Å². The Balaban J connectivity index is 1.73. The lowest BCUT2D eigenvalue weighted by atomic mass is 9.55. The molecule has 0 bridgehead atoms. The summed E-state index contributed by atoms with van der Waals surface area (Å²) in [5.41, 5.74) is 2.75. The van der Waals surface area contributed by atoms with E-state index in [1.54, 1.807) is 0 Å². The summed E-state index contributed by atoms with van der Waals surface area (Å²) in [6, 6.07) is 5.90. The van der Waals surface area contributed by atoms with Crippen molar-refractivity contribution in [1.82, 2.24) is 0 Å². The Morgan fingerprint density at radius 3 is 2.90 bits per heavy atom. The van der Waals surface area contributed by atoms with Crippen LogP contribution in [0, 0.1) is 17.3 Å². The highest BCUT2D eigenvalue weighted by Crippen LogP contribution is 2.59. The fourth-order valence-corrected chi connectivity index (χ4v) is 5.34. The third kappa shape index (κ3) is 1.54. The van der Waals surface area contributed by atoms with Crippen molar-refractivity contribution in [2.24, 2.45) is 17.3 Å². The van der Waals surface area contributed by atoms with Crippen LogP contribution in [0.15, 0.2) is 18.2 Å². The fourth-order valence-electron chi connectivity index (χ4n) is 5.34. The van der Waals surface area contributed by atoms with Gasteiger partial charge in [0.1, 0.15) is 11.5 Å². The van der Waals surface area contributed by atoms with Gasteiger partial charge in [0, 0.05) is 11.8 Å². The van der Waals surface area contributed by atoms with Gasteiger partial charge in [-0.15, -0.1) is 0 Å². The van der Waals surface area contributed by atoms with E-state index in [0.29, 0.717) is 29.3 Å². The van der Waals surface area contributed by atoms with Crippen LogP contribution in [0.5, 0.6) is 5.75 Å². The quantitative estimate of drug-likeness (QED) is 0.778. The van der Waals surface area contributed by atoms with Crippen molar-refractivity contribution in [3.05, 3.63) is 29.3 Å². The van der Waals surface area contributed by atoms with Crippen molar-refractivity contribution in [3.8, 4) is 5.75 Å². The topological polar surface area (TPSA) is 37.3 Å². The molecular weight excluding hydrogens is 248 g/mol. The Hall–Kier alpha value is -1.31.